The molecule has 2 N–H and O–H groups in total. The number of nitrogens with one attached hydrogen (secondary N) is 2. The number of alkyl halides is 5. The van der Waals surface area contributed by atoms with Crippen molar-refractivity contribution in [3.63, 3.8) is 0 Å². The van der Waals surface area contributed by atoms with Crippen molar-refractivity contribution in [1.82, 2.24) is 10.6 Å². The van der Waals surface area contributed by atoms with Gasteiger partial charge in [-0.1, -0.05) is 6.07 Å². The maximum Gasteiger partial charge on any atom is 0.405 e. The molecule has 8 nitrogen and oxygen atoms in total. The molecular formula is C16H15F5N2O6. The highest BCUT2D eigenvalue weighted by Gasteiger charge is 2.28. The zero-order chi connectivity index (χ0) is 22.0. The first-order valence-corrected chi connectivity index (χ1v) is 7.62. The van der Waals surface area contributed by atoms with E-state index in [9.17, 15) is 36.3 Å². The van der Waals surface area contributed by atoms with Crippen molar-refractivity contribution in [2.45, 2.75) is 12.8 Å². The summed E-state index contributed by atoms with van der Waals surface area (Å²) in [6, 6.07) is 2.40. The molecule has 13 heteroatoms. The molecule has 0 radical (unpaired) electrons. The third kappa shape index (κ3) is 9.93. The van der Waals surface area contributed by atoms with Gasteiger partial charge in [0.2, 0.25) is 0 Å². The lowest BCUT2D eigenvalue weighted by atomic mass is 10.2. The lowest BCUT2D eigenvalue weighted by Crippen LogP contribution is -2.44. The zero-order valence-electron chi connectivity index (χ0n) is 14.7. The van der Waals surface area contributed by atoms with Gasteiger partial charge in [0.05, 0.1) is 7.11 Å². The van der Waals surface area contributed by atoms with Crippen LogP contribution in [0.3, 0.4) is 0 Å². The number of urea groups is 1. The number of hydrogen-bond donors (Lipinski definition) is 2. The van der Waals surface area contributed by atoms with Crippen LogP contribution in [0.2, 0.25) is 0 Å². The Kier molecular flexibility index (Phi) is 8.83. The second kappa shape index (κ2) is 10.8. The Bertz CT molecular complexity index is 767. The van der Waals surface area contributed by atoms with E-state index in [2.05, 4.69) is 9.47 Å². The highest BCUT2D eigenvalue weighted by atomic mass is 19.4. The molecule has 0 atom stereocenters. The molecular weight excluding hydrogens is 411 g/mol. The van der Waals surface area contributed by atoms with Gasteiger partial charge in [0.15, 0.2) is 18.1 Å². The number of esters is 1. The van der Waals surface area contributed by atoms with Gasteiger partial charge in [-0.2, -0.15) is 22.0 Å². The van der Waals surface area contributed by atoms with Crippen molar-refractivity contribution in [3.8, 4) is 11.5 Å². The number of amides is 3. The molecule has 0 aliphatic heterocycles. The maximum absolute atomic E-state index is 12.3. The predicted octanol–water partition coefficient (Wildman–Crippen LogP) is 2.24. The van der Waals surface area contributed by atoms with Crippen molar-refractivity contribution < 1.29 is 50.5 Å². The van der Waals surface area contributed by atoms with Crippen molar-refractivity contribution in [2.24, 2.45) is 0 Å². The molecule has 0 bridgehead atoms. The second-order valence-electron chi connectivity index (χ2n) is 5.08. The van der Waals surface area contributed by atoms with E-state index >= 15 is 0 Å². The van der Waals surface area contributed by atoms with E-state index in [4.69, 9.17) is 4.74 Å². The SMILES string of the molecule is COc1cc(/C=C/C(=O)OCC(=O)NC(=O)NCC(F)(F)F)ccc1OC(F)F. The fourth-order valence-corrected chi connectivity index (χ4v) is 1.72. The highest BCUT2D eigenvalue weighted by Crippen LogP contribution is 2.29. The topological polar surface area (TPSA) is 103 Å². The lowest BCUT2D eigenvalue weighted by Gasteiger charge is -2.10. The second-order valence-corrected chi connectivity index (χ2v) is 5.08. The Morgan fingerprint density at radius 2 is 1.86 bits per heavy atom. The molecule has 0 spiro atoms. The van der Waals surface area contributed by atoms with Crippen LogP contribution in [0.1, 0.15) is 5.56 Å². The Labute approximate surface area is 160 Å². The van der Waals surface area contributed by atoms with Crippen LogP contribution in [0.15, 0.2) is 24.3 Å². The molecule has 1 aromatic rings. The molecule has 29 heavy (non-hydrogen) atoms. The summed E-state index contributed by atoms with van der Waals surface area (Å²) >= 11 is 0. The van der Waals surface area contributed by atoms with Crippen LogP contribution in [0, 0.1) is 0 Å². The summed E-state index contributed by atoms with van der Waals surface area (Å²) in [4.78, 5) is 33.9. The van der Waals surface area contributed by atoms with Gasteiger partial charge >= 0.3 is 24.8 Å². The molecule has 0 aromatic heterocycles. The van der Waals surface area contributed by atoms with Crippen LogP contribution in [0.25, 0.3) is 6.08 Å². The average Bonchev–Trinajstić information content (AvgIpc) is 2.62. The lowest BCUT2D eigenvalue weighted by molar-refractivity contribution is -0.143. The number of methoxy groups -OCH3 is 1. The molecule has 3 amide bonds. The Morgan fingerprint density at radius 1 is 1.17 bits per heavy atom. The summed E-state index contributed by atoms with van der Waals surface area (Å²) < 4.78 is 73.9. The monoisotopic (exact) mass is 426 g/mol. The van der Waals surface area contributed by atoms with Crippen molar-refractivity contribution in [3.05, 3.63) is 29.8 Å². The number of rotatable bonds is 8. The number of ether oxygens (including phenoxy) is 3. The number of benzene rings is 1. The van der Waals surface area contributed by atoms with Gasteiger partial charge in [0, 0.05) is 6.08 Å². The first kappa shape index (κ1) is 23.7. The van der Waals surface area contributed by atoms with Gasteiger partial charge < -0.3 is 19.5 Å². The standard InChI is InChI=1S/C16H15F5N2O6/c1-27-11-6-9(2-4-10(11)29-14(17)18)3-5-13(25)28-7-12(24)23-15(26)22-8-16(19,20)21/h2-6,14H,7-8H2,1H3,(H2,22,23,24,26)/b5-3+. The summed E-state index contributed by atoms with van der Waals surface area (Å²) in [7, 11) is 1.22. The van der Waals surface area contributed by atoms with E-state index in [1.807, 2.05) is 0 Å². The third-order valence-electron chi connectivity index (χ3n) is 2.86. The summed E-state index contributed by atoms with van der Waals surface area (Å²) in [5, 5.41) is 2.93. The number of carbonyl (C=O) groups is 3. The van der Waals surface area contributed by atoms with Crippen LogP contribution in [0.5, 0.6) is 11.5 Å². The summed E-state index contributed by atoms with van der Waals surface area (Å²) in [5.74, 6) is -2.41. The largest absolute Gasteiger partial charge is 0.493 e. The molecule has 0 saturated heterocycles. The normalized spacial score (nSPS) is 11.3. The van der Waals surface area contributed by atoms with Crippen LogP contribution in [0.4, 0.5) is 26.7 Å². The molecule has 0 saturated carbocycles. The average molecular weight is 426 g/mol. The van der Waals surface area contributed by atoms with Crippen LogP contribution in [-0.2, 0) is 14.3 Å². The van der Waals surface area contributed by atoms with Crippen LogP contribution < -0.4 is 20.1 Å². The minimum atomic E-state index is -4.65. The fraction of sp³-hybridized carbons (Fsp3) is 0.312. The molecule has 0 aliphatic carbocycles. The van der Waals surface area contributed by atoms with Gasteiger partial charge in [-0.25, -0.2) is 9.59 Å². The summed E-state index contributed by atoms with van der Waals surface area (Å²) in [6.45, 7) is -5.62. The molecule has 0 aliphatic rings. The van der Waals surface area contributed by atoms with E-state index in [-0.39, 0.29) is 11.5 Å². The maximum atomic E-state index is 12.3. The number of halogens is 5. The third-order valence-corrected chi connectivity index (χ3v) is 2.86. The molecule has 1 rings (SSSR count). The number of hydrogen-bond acceptors (Lipinski definition) is 6. The molecule has 160 valence electrons. The van der Waals surface area contributed by atoms with E-state index < -0.39 is 43.8 Å². The molecule has 0 fully saturated rings. The first-order valence-electron chi connectivity index (χ1n) is 7.62. The number of imide groups is 1. The quantitative estimate of drug-likeness (QED) is 0.376. The van der Waals surface area contributed by atoms with Crippen molar-refractivity contribution in [2.75, 3.05) is 20.3 Å². The van der Waals surface area contributed by atoms with Crippen LogP contribution in [-0.4, -0.2) is 51.0 Å². The van der Waals surface area contributed by atoms with Crippen LogP contribution >= 0.6 is 0 Å². The smallest absolute Gasteiger partial charge is 0.405 e. The van der Waals surface area contributed by atoms with Gasteiger partial charge in [0.1, 0.15) is 6.54 Å². The minimum absolute atomic E-state index is 0.0231. The zero-order valence-corrected chi connectivity index (χ0v) is 14.7. The van der Waals surface area contributed by atoms with Crippen molar-refractivity contribution in [1.29, 1.82) is 0 Å². The summed E-state index contributed by atoms with van der Waals surface area (Å²) in [6.07, 6.45) is -2.55. The minimum Gasteiger partial charge on any atom is -0.493 e. The van der Waals surface area contributed by atoms with Gasteiger partial charge in [-0.15, -0.1) is 0 Å². The van der Waals surface area contributed by atoms with Crippen molar-refractivity contribution >= 4 is 24.0 Å². The van der Waals surface area contributed by atoms with E-state index in [1.54, 1.807) is 0 Å². The van der Waals surface area contributed by atoms with E-state index in [1.165, 1.54) is 42.0 Å². The van der Waals surface area contributed by atoms with Gasteiger partial charge in [-0.3, -0.25) is 10.1 Å². The molecule has 0 unspecified atom stereocenters. The Hall–Kier alpha value is -3.38. The van der Waals surface area contributed by atoms with Gasteiger partial charge in [-0.05, 0) is 23.8 Å². The fourth-order valence-electron chi connectivity index (χ4n) is 1.72. The van der Waals surface area contributed by atoms with E-state index in [0.29, 0.717) is 5.56 Å². The molecule has 1 aromatic carbocycles. The highest BCUT2D eigenvalue weighted by molar-refractivity contribution is 5.96. The molecule has 0 heterocycles. The Morgan fingerprint density at radius 3 is 2.45 bits per heavy atom. The van der Waals surface area contributed by atoms with E-state index in [0.717, 1.165) is 6.08 Å². The summed E-state index contributed by atoms with van der Waals surface area (Å²) in [5.41, 5.74) is 0.344. The predicted molar refractivity (Wildman–Crippen MR) is 87.2 cm³/mol. The number of carbonyl (C=O) groups excluding carboxylic acids is 3. The first-order chi connectivity index (χ1) is 13.5. The Balaban J connectivity index is 2.50. The van der Waals surface area contributed by atoms with Gasteiger partial charge in [0.25, 0.3) is 5.91 Å².